The van der Waals surface area contributed by atoms with E-state index in [1.165, 1.54) is 24.4 Å². The fourth-order valence-corrected chi connectivity index (χ4v) is 2.31. The molecular formula is C14H9ClIN3O3. The molecule has 2 aromatic carbocycles. The average molecular weight is 430 g/mol. The van der Waals surface area contributed by atoms with Crippen LogP contribution in [0.3, 0.4) is 0 Å². The van der Waals surface area contributed by atoms with E-state index in [-0.39, 0.29) is 5.69 Å². The van der Waals surface area contributed by atoms with Gasteiger partial charge in [0.2, 0.25) is 0 Å². The van der Waals surface area contributed by atoms with Gasteiger partial charge < -0.3 is 0 Å². The van der Waals surface area contributed by atoms with E-state index in [2.05, 4.69) is 33.1 Å². The second kappa shape index (κ2) is 7.32. The van der Waals surface area contributed by atoms with Crippen molar-refractivity contribution in [1.29, 1.82) is 0 Å². The highest BCUT2D eigenvalue weighted by Crippen LogP contribution is 2.18. The number of carbonyl (C=O) groups excluding carboxylic acids is 1. The SMILES string of the molecule is O=C(N/N=C\c1cccc([N+](=O)[O-])c1)c1cc(I)ccc1Cl. The summed E-state index contributed by atoms with van der Waals surface area (Å²) in [5, 5.41) is 14.8. The zero-order chi connectivity index (χ0) is 16.1. The van der Waals surface area contributed by atoms with Crippen LogP contribution in [-0.4, -0.2) is 17.0 Å². The van der Waals surface area contributed by atoms with Crippen LogP contribution in [0.1, 0.15) is 15.9 Å². The number of non-ortho nitro benzene ring substituents is 1. The lowest BCUT2D eigenvalue weighted by Gasteiger charge is -2.03. The number of amides is 1. The first-order valence-electron chi connectivity index (χ1n) is 6.00. The Morgan fingerprint density at radius 2 is 2.09 bits per heavy atom. The van der Waals surface area contributed by atoms with Crippen LogP contribution in [0.15, 0.2) is 47.6 Å². The number of benzene rings is 2. The first-order valence-corrected chi connectivity index (χ1v) is 7.46. The summed E-state index contributed by atoms with van der Waals surface area (Å²) in [5.74, 6) is -0.454. The van der Waals surface area contributed by atoms with E-state index in [1.54, 1.807) is 24.3 Å². The molecule has 0 spiro atoms. The van der Waals surface area contributed by atoms with Crippen molar-refractivity contribution in [3.05, 3.63) is 72.3 Å². The van der Waals surface area contributed by atoms with Crippen molar-refractivity contribution in [2.75, 3.05) is 0 Å². The third kappa shape index (κ3) is 4.25. The first kappa shape index (κ1) is 16.4. The van der Waals surface area contributed by atoms with E-state index in [4.69, 9.17) is 11.6 Å². The predicted molar refractivity (Wildman–Crippen MR) is 92.3 cm³/mol. The zero-order valence-electron chi connectivity index (χ0n) is 11.0. The van der Waals surface area contributed by atoms with Crippen molar-refractivity contribution in [3.63, 3.8) is 0 Å². The van der Waals surface area contributed by atoms with Crippen LogP contribution >= 0.6 is 34.2 Å². The average Bonchev–Trinajstić information content (AvgIpc) is 2.50. The van der Waals surface area contributed by atoms with Crippen LogP contribution in [0.5, 0.6) is 0 Å². The van der Waals surface area contributed by atoms with E-state index in [0.717, 1.165) is 3.57 Å². The van der Waals surface area contributed by atoms with Gasteiger partial charge in [-0.15, -0.1) is 0 Å². The lowest BCUT2D eigenvalue weighted by atomic mass is 10.2. The van der Waals surface area contributed by atoms with Crippen molar-refractivity contribution in [1.82, 2.24) is 5.43 Å². The molecule has 2 rings (SSSR count). The normalized spacial score (nSPS) is 10.6. The highest BCUT2D eigenvalue weighted by Gasteiger charge is 2.10. The molecule has 0 fully saturated rings. The van der Waals surface area contributed by atoms with Crippen LogP contribution in [-0.2, 0) is 0 Å². The molecule has 0 radical (unpaired) electrons. The second-order valence-corrected chi connectivity index (χ2v) is 5.83. The molecule has 0 unspecified atom stereocenters. The quantitative estimate of drug-likeness (QED) is 0.349. The standard InChI is InChI=1S/C14H9ClIN3O3/c15-13-5-4-10(16)7-12(13)14(20)18-17-8-9-2-1-3-11(6-9)19(21)22/h1-8H,(H,18,20)/b17-8-. The molecule has 112 valence electrons. The highest BCUT2D eigenvalue weighted by molar-refractivity contribution is 14.1. The smallest absolute Gasteiger partial charge is 0.267 e. The van der Waals surface area contributed by atoms with Gasteiger partial charge in [-0.05, 0) is 40.8 Å². The van der Waals surface area contributed by atoms with Gasteiger partial charge in [-0.3, -0.25) is 14.9 Å². The fraction of sp³-hybridized carbons (Fsp3) is 0. The third-order valence-corrected chi connectivity index (χ3v) is 3.63. The molecule has 0 bridgehead atoms. The summed E-state index contributed by atoms with van der Waals surface area (Å²) in [6.45, 7) is 0. The largest absolute Gasteiger partial charge is 0.272 e. The van der Waals surface area contributed by atoms with Crippen molar-refractivity contribution < 1.29 is 9.72 Å². The van der Waals surface area contributed by atoms with Gasteiger partial charge in [0.15, 0.2) is 0 Å². The molecule has 0 atom stereocenters. The molecule has 0 aliphatic heterocycles. The lowest BCUT2D eigenvalue weighted by molar-refractivity contribution is -0.384. The van der Waals surface area contributed by atoms with Crippen molar-refractivity contribution in [2.45, 2.75) is 0 Å². The molecule has 2 aromatic rings. The number of hydrogen-bond donors (Lipinski definition) is 1. The molecule has 0 aliphatic rings. The molecule has 0 aliphatic carbocycles. The Morgan fingerprint density at radius 1 is 1.32 bits per heavy atom. The van der Waals surface area contributed by atoms with Gasteiger partial charge in [-0.25, -0.2) is 5.43 Å². The summed E-state index contributed by atoms with van der Waals surface area (Å²) in [5.41, 5.74) is 3.10. The van der Waals surface area contributed by atoms with Crippen LogP contribution in [0.2, 0.25) is 5.02 Å². The van der Waals surface area contributed by atoms with E-state index in [0.29, 0.717) is 16.1 Å². The number of nitro groups is 1. The monoisotopic (exact) mass is 429 g/mol. The van der Waals surface area contributed by atoms with Gasteiger partial charge in [-0.1, -0.05) is 23.7 Å². The fourth-order valence-electron chi connectivity index (χ4n) is 1.62. The molecule has 1 amide bonds. The van der Waals surface area contributed by atoms with Crippen LogP contribution in [0.4, 0.5) is 5.69 Å². The Morgan fingerprint density at radius 3 is 2.82 bits per heavy atom. The van der Waals surface area contributed by atoms with Gasteiger partial charge >= 0.3 is 0 Å². The summed E-state index contributed by atoms with van der Waals surface area (Å²) in [4.78, 5) is 22.1. The maximum Gasteiger partial charge on any atom is 0.272 e. The Labute approximate surface area is 144 Å². The van der Waals surface area contributed by atoms with E-state index in [1.807, 2.05) is 0 Å². The molecule has 1 N–H and O–H groups in total. The first-order chi connectivity index (χ1) is 10.5. The topological polar surface area (TPSA) is 84.6 Å². The number of nitro benzene ring substituents is 1. The summed E-state index contributed by atoms with van der Waals surface area (Å²) in [7, 11) is 0. The number of nitrogens with zero attached hydrogens (tertiary/aromatic N) is 2. The molecule has 0 heterocycles. The van der Waals surface area contributed by atoms with Crippen LogP contribution in [0, 0.1) is 13.7 Å². The zero-order valence-corrected chi connectivity index (χ0v) is 13.9. The Hall–Kier alpha value is -2.00. The number of nitrogens with one attached hydrogen (secondary N) is 1. The van der Waals surface area contributed by atoms with E-state index < -0.39 is 10.8 Å². The Kier molecular flexibility index (Phi) is 5.45. The second-order valence-electron chi connectivity index (χ2n) is 4.18. The maximum atomic E-state index is 12.0. The molecule has 0 saturated carbocycles. The van der Waals surface area contributed by atoms with Crippen molar-refractivity contribution in [2.24, 2.45) is 5.10 Å². The Balaban J connectivity index is 2.09. The highest BCUT2D eigenvalue weighted by atomic mass is 127. The molecule has 22 heavy (non-hydrogen) atoms. The minimum Gasteiger partial charge on any atom is -0.267 e. The molecule has 0 aromatic heterocycles. The number of hydrazone groups is 1. The predicted octanol–water partition coefficient (Wildman–Crippen LogP) is 3.62. The van der Waals surface area contributed by atoms with Gasteiger partial charge in [0, 0.05) is 21.3 Å². The number of rotatable bonds is 4. The molecule has 0 saturated heterocycles. The van der Waals surface area contributed by atoms with Gasteiger partial charge in [-0.2, -0.15) is 5.10 Å². The third-order valence-electron chi connectivity index (χ3n) is 2.63. The summed E-state index contributed by atoms with van der Waals surface area (Å²) in [6.07, 6.45) is 1.33. The lowest BCUT2D eigenvalue weighted by Crippen LogP contribution is -2.18. The summed E-state index contributed by atoms with van der Waals surface area (Å²) >= 11 is 8.02. The van der Waals surface area contributed by atoms with Gasteiger partial charge in [0.25, 0.3) is 11.6 Å². The molecule has 6 nitrogen and oxygen atoms in total. The van der Waals surface area contributed by atoms with Gasteiger partial charge in [0.1, 0.15) is 0 Å². The van der Waals surface area contributed by atoms with E-state index in [9.17, 15) is 14.9 Å². The minimum absolute atomic E-state index is 0.0454. The van der Waals surface area contributed by atoms with Crippen LogP contribution < -0.4 is 5.43 Å². The van der Waals surface area contributed by atoms with E-state index >= 15 is 0 Å². The number of halogens is 2. The summed E-state index contributed by atoms with van der Waals surface area (Å²) < 4.78 is 0.870. The minimum atomic E-state index is -0.498. The van der Waals surface area contributed by atoms with Crippen molar-refractivity contribution >= 4 is 52.0 Å². The van der Waals surface area contributed by atoms with Gasteiger partial charge in [0.05, 0.1) is 21.7 Å². The summed E-state index contributed by atoms with van der Waals surface area (Å²) in [6, 6.07) is 11.0. The maximum absolute atomic E-state index is 12.0. The Bertz CT molecular complexity index is 765. The number of carbonyl (C=O) groups is 1. The molecule has 8 heteroatoms. The van der Waals surface area contributed by atoms with Crippen molar-refractivity contribution in [3.8, 4) is 0 Å². The van der Waals surface area contributed by atoms with Crippen LogP contribution in [0.25, 0.3) is 0 Å². The number of hydrogen-bond acceptors (Lipinski definition) is 4. The molecular weight excluding hydrogens is 421 g/mol.